The van der Waals surface area contributed by atoms with Crippen molar-refractivity contribution in [1.82, 2.24) is 0 Å². The minimum atomic E-state index is -3.03. The minimum Gasteiger partial charge on any atom is -0.482 e. The monoisotopic (exact) mass is 441 g/mol. The molecular weight excluding hydrogens is 424 g/mol. The fourth-order valence-corrected chi connectivity index (χ4v) is 2.45. The highest BCUT2D eigenvalue weighted by molar-refractivity contribution is 6.32. The molecule has 0 heterocycles. The number of carbonyl (C=O) groups excluding carboxylic acids is 3. The van der Waals surface area contributed by atoms with Crippen molar-refractivity contribution < 1.29 is 37.4 Å². The van der Waals surface area contributed by atoms with Crippen LogP contribution in [0, 0.1) is 0 Å². The van der Waals surface area contributed by atoms with Gasteiger partial charge in [0.1, 0.15) is 11.5 Å². The van der Waals surface area contributed by atoms with E-state index < -0.39 is 31.2 Å². The largest absolute Gasteiger partial charge is 0.482 e. The Morgan fingerprint density at radius 1 is 1.10 bits per heavy atom. The molecule has 0 unspecified atom stereocenters. The second kappa shape index (κ2) is 10.5. The Morgan fingerprint density at radius 3 is 2.33 bits per heavy atom. The van der Waals surface area contributed by atoms with Crippen molar-refractivity contribution >= 4 is 34.9 Å². The fraction of sp³-hybridized carbons (Fsp3) is 0.250. The van der Waals surface area contributed by atoms with Crippen LogP contribution in [0.5, 0.6) is 11.5 Å². The molecule has 0 spiro atoms. The standard InChI is InChI=1S/C20H18ClF2NO6/c1-11(25)13-3-6-15(7-4-13)28-10-18(26)29-12(2)19(27)24-14-5-8-17(16(21)9-14)30-20(22)23/h3-9,12,20H,10H2,1-2H3,(H,24,27)/t12-/m1/s1. The summed E-state index contributed by atoms with van der Waals surface area (Å²) in [7, 11) is 0. The molecule has 0 radical (unpaired) electrons. The van der Waals surface area contributed by atoms with Crippen molar-refractivity contribution in [3.05, 3.63) is 53.1 Å². The number of benzene rings is 2. The van der Waals surface area contributed by atoms with Gasteiger partial charge in [0.25, 0.3) is 5.91 Å². The second-order valence-corrected chi connectivity index (χ2v) is 6.42. The Kier molecular flexibility index (Phi) is 8.11. The number of ether oxygens (including phenoxy) is 3. The molecule has 0 aromatic heterocycles. The lowest BCUT2D eigenvalue weighted by molar-refractivity contribution is -0.155. The van der Waals surface area contributed by atoms with Crippen LogP contribution in [0.1, 0.15) is 24.2 Å². The molecule has 160 valence electrons. The summed E-state index contributed by atoms with van der Waals surface area (Å²) < 4.78 is 38.9. The smallest absolute Gasteiger partial charge is 0.387 e. The van der Waals surface area contributed by atoms with Gasteiger partial charge in [0, 0.05) is 11.3 Å². The van der Waals surface area contributed by atoms with E-state index in [-0.39, 0.29) is 22.2 Å². The average Bonchev–Trinajstić information content (AvgIpc) is 2.68. The topological polar surface area (TPSA) is 90.9 Å². The maximum absolute atomic E-state index is 12.2. The van der Waals surface area contributed by atoms with Gasteiger partial charge in [0.15, 0.2) is 18.5 Å². The Labute approximate surface area is 175 Å². The van der Waals surface area contributed by atoms with E-state index in [2.05, 4.69) is 10.1 Å². The molecule has 0 fully saturated rings. The van der Waals surface area contributed by atoms with Crippen LogP contribution < -0.4 is 14.8 Å². The van der Waals surface area contributed by atoms with Crippen LogP contribution in [0.15, 0.2) is 42.5 Å². The van der Waals surface area contributed by atoms with Crippen LogP contribution in [0.3, 0.4) is 0 Å². The molecule has 0 saturated carbocycles. The van der Waals surface area contributed by atoms with Gasteiger partial charge in [-0.3, -0.25) is 9.59 Å². The maximum Gasteiger partial charge on any atom is 0.387 e. The summed E-state index contributed by atoms with van der Waals surface area (Å²) in [6.45, 7) is -0.691. The molecule has 10 heteroatoms. The number of alkyl halides is 2. The zero-order valence-corrected chi connectivity index (χ0v) is 16.7. The Bertz CT molecular complexity index is 920. The second-order valence-electron chi connectivity index (χ2n) is 6.01. The predicted octanol–water partition coefficient (Wildman–Crippen LogP) is 4.09. The molecule has 1 atom stereocenters. The first-order valence-electron chi connectivity index (χ1n) is 8.64. The highest BCUT2D eigenvalue weighted by atomic mass is 35.5. The molecule has 1 amide bonds. The number of rotatable bonds is 9. The van der Waals surface area contributed by atoms with Gasteiger partial charge in [0.05, 0.1) is 5.02 Å². The van der Waals surface area contributed by atoms with E-state index in [4.69, 9.17) is 21.1 Å². The van der Waals surface area contributed by atoms with Crippen molar-refractivity contribution in [2.45, 2.75) is 26.6 Å². The maximum atomic E-state index is 12.2. The van der Waals surface area contributed by atoms with Crippen molar-refractivity contribution in [1.29, 1.82) is 0 Å². The number of esters is 1. The number of anilines is 1. The Balaban J connectivity index is 1.83. The first-order chi connectivity index (χ1) is 14.2. The average molecular weight is 442 g/mol. The van der Waals surface area contributed by atoms with Crippen molar-refractivity contribution in [3.63, 3.8) is 0 Å². The predicted molar refractivity (Wildman–Crippen MR) is 104 cm³/mol. The van der Waals surface area contributed by atoms with E-state index in [0.717, 1.165) is 0 Å². The van der Waals surface area contributed by atoms with E-state index in [1.54, 1.807) is 12.1 Å². The number of hydrogen-bond acceptors (Lipinski definition) is 6. The zero-order valence-electron chi connectivity index (χ0n) is 16.0. The van der Waals surface area contributed by atoms with Gasteiger partial charge < -0.3 is 19.5 Å². The molecule has 2 aromatic rings. The van der Waals surface area contributed by atoms with Gasteiger partial charge in [0.2, 0.25) is 0 Å². The lowest BCUT2D eigenvalue weighted by Gasteiger charge is -2.15. The molecule has 7 nitrogen and oxygen atoms in total. The van der Waals surface area contributed by atoms with Crippen molar-refractivity contribution in [2.75, 3.05) is 11.9 Å². The third-order valence-corrected chi connectivity index (χ3v) is 4.01. The normalized spacial score (nSPS) is 11.5. The molecule has 0 aliphatic carbocycles. The van der Waals surface area contributed by atoms with Crippen LogP contribution in [0.4, 0.5) is 14.5 Å². The molecule has 2 aromatic carbocycles. The van der Waals surface area contributed by atoms with Gasteiger partial charge in [-0.1, -0.05) is 11.6 Å². The number of Topliss-reactive ketones (excluding diaryl/α,β-unsaturated/α-hetero) is 1. The summed E-state index contributed by atoms with van der Waals surface area (Å²) >= 11 is 5.82. The highest BCUT2D eigenvalue weighted by Gasteiger charge is 2.19. The van der Waals surface area contributed by atoms with Gasteiger partial charge in [-0.25, -0.2) is 4.79 Å². The van der Waals surface area contributed by atoms with Crippen LogP contribution >= 0.6 is 11.6 Å². The summed E-state index contributed by atoms with van der Waals surface area (Å²) in [5.41, 5.74) is 0.709. The lowest BCUT2D eigenvalue weighted by atomic mass is 10.1. The molecule has 0 saturated heterocycles. The fourth-order valence-electron chi connectivity index (χ4n) is 2.23. The molecule has 0 bridgehead atoms. The van der Waals surface area contributed by atoms with E-state index in [1.807, 2.05) is 0 Å². The van der Waals surface area contributed by atoms with Crippen LogP contribution in [-0.2, 0) is 14.3 Å². The van der Waals surface area contributed by atoms with Gasteiger partial charge in [-0.2, -0.15) is 8.78 Å². The summed E-state index contributed by atoms with van der Waals surface area (Å²) in [4.78, 5) is 35.2. The van der Waals surface area contributed by atoms with Gasteiger partial charge >= 0.3 is 12.6 Å². The molecule has 0 aliphatic rings. The summed E-state index contributed by atoms with van der Waals surface area (Å²) in [6, 6.07) is 9.88. The van der Waals surface area contributed by atoms with Gasteiger partial charge in [-0.05, 0) is 56.3 Å². The number of ketones is 1. The Morgan fingerprint density at radius 2 is 1.77 bits per heavy atom. The lowest BCUT2D eigenvalue weighted by Crippen LogP contribution is -2.31. The van der Waals surface area contributed by atoms with E-state index in [9.17, 15) is 23.2 Å². The zero-order chi connectivity index (χ0) is 22.3. The number of halogens is 3. The highest BCUT2D eigenvalue weighted by Crippen LogP contribution is 2.29. The number of carbonyl (C=O) groups is 3. The summed E-state index contributed by atoms with van der Waals surface area (Å²) in [5.74, 6) is -1.43. The molecule has 0 aliphatic heterocycles. The Hall–Kier alpha value is -3.20. The number of nitrogens with one attached hydrogen (secondary N) is 1. The van der Waals surface area contributed by atoms with Gasteiger partial charge in [-0.15, -0.1) is 0 Å². The van der Waals surface area contributed by atoms with Crippen LogP contribution in [-0.4, -0.2) is 37.0 Å². The summed E-state index contributed by atoms with van der Waals surface area (Å²) in [5, 5.41) is 2.32. The first-order valence-corrected chi connectivity index (χ1v) is 9.02. The molecule has 30 heavy (non-hydrogen) atoms. The van der Waals surface area contributed by atoms with E-state index in [1.165, 1.54) is 44.2 Å². The van der Waals surface area contributed by atoms with Crippen LogP contribution in [0.25, 0.3) is 0 Å². The van der Waals surface area contributed by atoms with Crippen molar-refractivity contribution in [2.24, 2.45) is 0 Å². The molecule has 2 rings (SSSR count). The number of hydrogen-bond donors (Lipinski definition) is 1. The minimum absolute atomic E-state index is 0.0988. The van der Waals surface area contributed by atoms with Crippen molar-refractivity contribution in [3.8, 4) is 11.5 Å². The molecule has 1 N–H and O–H groups in total. The quantitative estimate of drug-likeness (QED) is 0.465. The number of amides is 1. The summed E-state index contributed by atoms with van der Waals surface area (Å²) in [6.07, 6.45) is -1.16. The van der Waals surface area contributed by atoms with E-state index in [0.29, 0.717) is 11.3 Å². The first kappa shape index (κ1) is 23.1. The van der Waals surface area contributed by atoms with E-state index >= 15 is 0 Å². The third-order valence-electron chi connectivity index (χ3n) is 3.71. The van der Waals surface area contributed by atoms with Crippen LogP contribution in [0.2, 0.25) is 5.02 Å². The SMILES string of the molecule is CC(=O)c1ccc(OCC(=O)O[C@H](C)C(=O)Nc2ccc(OC(F)F)c(Cl)c2)cc1. The third kappa shape index (κ3) is 7.00. The molecular formula is C20H18ClF2NO6.